The van der Waals surface area contributed by atoms with Crippen LogP contribution in [0, 0.1) is 0 Å². The van der Waals surface area contributed by atoms with E-state index in [1.54, 1.807) is 54.6 Å². The van der Waals surface area contributed by atoms with Crippen molar-refractivity contribution in [2.75, 3.05) is 11.9 Å². The molecule has 0 bridgehead atoms. The number of carbonyl (C=O) groups is 2. The number of halogens is 1. The fourth-order valence-corrected chi connectivity index (χ4v) is 3.60. The topological polar surface area (TPSA) is 92.3 Å². The highest BCUT2D eigenvalue weighted by atomic mass is 35.5. The van der Waals surface area contributed by atoms with E-state index < -0.39 is 10.0 Å². The van der Waals surface area contributed by atoms with Gasteiger partial charge in [-0.05, 0) is 48.5 Å². The van der Waals surface area contributed by atoms with Gasteiger partial charge in [-0.15, -0.1) is 0 Å². The summed E-state index contributed by atoms with van der Waals surface area (Å²) in [6.45, 7) is -0.346. The minimum atomic E-state index is -3.86. The van der Waals surface area contributed by atoms with E-state index in [4.69, 9.17) is 11.6 Å². The first-order valence-corrected chi connectivity index (χ1v) is 10.5. The summed E-state index contributed by atoms with van der Waals surface area (Å²) in [7, 11) is -3.86. The molecule has 3 rings (SSSR count). The summed E-state index contributed by atoms with van der Waals surface area (Å²) in [5.41, 5.74) is 1.28. The van der Waals surface area contributed by atoms with Crippen LogP contribution in [0.25, 0.3) is 0 Å². The van der Waals surface area contributed by atoms with Crippen LogP contribution >= 0.6 is 11.6 Å². The molecule has 6 nitrogen and oxygen atoms in total. The van der Waals surface area contributed by atoms with Gasteiger partial charge >= 0.3 is 0 Å². The number of ketones is 1. The van der Waals surface area contributed by atoms with Gasteiger partial charge in [0.2, 0.25) is 10.0 Å². The molecule has 3 aromatic carbocycles. The molecule has 29 heavy (non-hydrogen) atoms. The number of benzene rings is 3. The third-order valence-electron chi connectivity index (χ3n) is 4.05. The molecule has 0 saturated carbocycles. The normalized spacial score (nSPS) is 11.1. The van der Waals surface area contributed by atoms with Crippen molar-refractivity contribution >= 4 is 39.0 Å². The molecule has 2 N–H and O–H groups in total. The van der Waals surface area contributed by atoms with Crippen LogP contribution < -0.4 is 10.0 Å². The summed E-state index contributed by atoms with van der Waals surface area (Å²) in [4.78, 5) is 24.3. The molecular weight excluding hydrogens is 412 g/mol. The van der Waals surface area contributed by atoms with Crippen molar-refractivity contribution in [2.45, 2.75) is 4.90 Å². The lowest BCUT2D eigenvalue weighted by atomic mass is 10.1. The number of amides is 1. The van der Waals surface area contributed by atoms with Crippen molar-refractivity contribution in [3.63, 3.8) is 0 Å². The quantitative estimate of drug-likeness (QED) is 0.560. The van der Waals surface area contributed by atoms with Crippen molar-refractivity contribution < 1.29 is 18.0 Å². The van der Waals surface area contributed by atoms with Crippen LogP contribution in [0.3, 0.4) is 0 Å². The first-order chi connectivity index (χ1) is 13.8. The number of anilines is 1. The Morgan fingerprint density at radius 2 is 1.41 bits per heavy atom. The molecule has 148 valence electrons. The molecule has 1 amide bonds. The Morgan fingerprint density at radius 3 is 2.03 bits per heavy atom. The van der Waals surface area contributed by atoms with Gasteiger partial charge < -0.3 is 5.32 Å². The zero-order valence-electron chi connectivity index (χ0n) is 15.1. The van der Waals surface area contributed by atoms with Gasteiger partial charge in [0.25, 0.3) is 5.91 Å². The monoisotopic (exact) mass is 428 g/mol. The van der Waals surface area contributed by atoms with Crippen LogP contribution in [0.15, 0.2) is 83.8 Å². The van der Waals surface area contributed by atoms with Gasteiger partial charge in [0.15, 0.2) is 5.78 Å². The van der Waals surface area contributed by atoms with Crippen LogP contribution in [0.2, 0.25) is 5.02 Å². The maximum atomic E-state index is 12.4. The molecule has 0 fully saturated rings. The van der Waals surface area contributed by atoms with E-state index in [-0.39, 0.29) is 23.1 Å². The third kappa shape index (κ3) is 5.51. The third-order valence-corrected chi connectivity index (χ3v) is 5.72. The first-order valence-electron chi connectivity index (χ1n) is 8.60. The van der Waals surface area contributed by atoms with Gasteiger partial charge in [-0.25, -0.2) is 13.1 Å². The molecule has 0 spiro atoms. The number of nitrogens with one attached hydrogen (secondary N) is 2. The van der Waals surface area contributed by atoms with Crippen molar-refractivity contribution in [3.05, 3.63) is 95.0 Å². The second-order valence-corrected chi connectivity index (χ2v) is 8.30. The number of rotatable bonds is 7. The van der Waals surface area contributed by atoms with Crippen LogP contribution in [0.1, 0.15) is 20.7 Å². The Bertz CT molecular complexity index is 1110. The zero-order chi connectivity index (χ0) is 20.9. The molecule has 0 radical (unpaired) electrons. The predicted molar refractivity (Wildman–Crippen MR) is 112 cm³/mol. The smallest absolute Gasteiger partial charge is 0.255 e. The maximum absolute atomic E-state index is 12.4. The molecule has 0 aliphatic carbocycles. The fourth-order valence-electron chi connectivity index (χ4n) is 2.49. The minimum absolute atomic E-state index is 0.0112. The summed E-state index contributed by atoms with van der Waals surface area (Å²) in [5.74, 6) is -0.676. The van der Waals surface area contributed by atoms with Crippen LogP contribution in [0.5, 0.6) is 0 Å². The van der Waals surface area contributed by atoms with Crippen LogP contribution in [0.4, 0.5) is 5.69 Å². The number of Topliss-reactive ketones (excluding diaryl/α,β-unsaturated/α-hetero) is 1. The van der Waals surface area contributed by atoms with Crippen molar-refractivity contribution in [2.24, 2.45) is 0 Å². The minimum Gasteiger partial charge on any atom is -0.322 e. The Balaban J connectivity index is 1.63. The van der Waals surface area contributed by atoms with Gasteiger partial charge in [0, 0.05) is 21.8 Å². The van der Waals surface area contributed by atoms with E-state index in [0.717, 1.165) is 0 Å². The van der Waals surface area contributed by atoms with Gasteiger partial charge in [0.1, 0.15) is 0 Å². The first kappa shape index (κ1) is 20.7. The fraction of sp³-hybridized carbons (Fsp3) is 0.0476. The van der Waals surface area contributed by atoms with Gasteiger partial charge in [0.05, 0.1) is 11.4 Å². The lowest BCUT2D eigenvalue weighted by Gasteiger charge is -2.09. The van der Waals surface area contributed by atoms with Crippen LogP contribution in [-0.4, -0.2) is 26.7 Å². The molecule has 0 heterocycles. The number of carbonyl (C=O) groups excluding carboxylic acids is 2. The van der Waals surface area contributed by atoms with Gasteiger partial charge in [-0.1, -0.05) is 41.9 Å². The highest BCUT2D eigenvalue weighted by molar-refractivity contribution is 7.89. The summed E-state index contributed by atoms with van der Waals surface area (Å²) >= 11 is 5.80. The molecule has 0 aliphatic heterocycles. The van der Waals surface area contributed by atoms with Crippen molar-refractivity contribution in [1.29, 1.82) is 0 Å². The average Bonchev–Trinajstić information content (AvgIpc) is 2.73. The van der Waals surface area contributed by atoms with E-state index in [2.05, 4.69) is 10.0 Å². The summed E-state index contributed by atoms with van der Waals surface area (Å²) in [6.07, 6.45) is 0. The van der Waals surface area contributed by atoms with E-state index in [0.29, 0.717) is 21.8 Å². The Morgan fingerprint density at radius 1 is 0.793 bits per heavy atom. The number of hydrogen-bond acceptors (Lipinski definition) is 4. The van der Waals surface area contributed by atoms with Crippen molar-refractivity contribution in [1.82, 2.24) is 4.72 Å². The number of hydrogen-bond donors (Lipinski definition) is 2. The largest absolute Gasteiger partial charge is 0.322 e. The summed E-state index contributed by atoms with van der Waals surface area (Å²) in [6, 6.07) is 20.5. The zero-order valence-corrected chi connectivity index (χ0v) is 16.7. The average molecular weight is 429 g/mol. The standard InChI is InChI=1S/C21H17ClN2O4S/c22-17-8-6-16(7-9-17)21(26)24-18-10-12-19(13-11-18)29(27,28)23-14-20(25)15-4-2-1-3-5-15/h1-13,23H,14H2,(H,24,26). The van der Waals surface area contributed by atoms with E-state index >= 15 is 0 Å². The van der Waals surface area contributed by atoms with E-state index in [1.807, 2.05) is 0 Å². The molecule has 0 aliphatic rings. The summed E-state index contributed by atoms with van der Waals surface area (Å²) in [5, 5.41) is 3.20. The van der Waals surface area contributed by atoms with Gasteiger partial charge in [-0.3, -0.25) is 9.59 Å². The molecule has 3 aromatic rings. The Hall–Kier alpha value is -3.00. The Kier molecular flexibility index (Phi) is 6.43. The molecule has 0 atom stereocenters. The highest BCUT2D eigenvalue weighted by Crippen LogP contribution is 2.16. The van der Waals surface area contributed by atoms with Crippen LogP contribution in [-0.2, 0) is 10.0 Å². The molecular formula is C21H17ClN2O4S. The second kappa shape index (κ2) is 9.00. The second-order valence-electron chi connectivity index (χ2n) is 6.10. The highest BCUT2D eigenvalue weighted by Gasteiger charge is 2.16. The van der Waals surface area contributed by atoms with E-state index in [9.17, 15) is 18.0 Å². The van der Waals surface area contributed by atoms with Gasteiger partial charge in [-0.2, -0.15) is 0 Å². The van der Waals surface area contributed by atoms with E-state index in [1.165, 1.54) is 24.3 Å². The molecule has 0 aromatic heterocycles. The lowest BCUT2D eigenvalue weighted by Crippen LogP contribution is -2.29. The maximum Gasteiger partial charge on any atom is 0.255 e. The number of sulfonamides is 1. The molecule has 0 unspecified atom stereocenters. The Labute approximate surface area is 173 Å². The SMILES string of the molecule is O=C(CNS(=O)(=O)c1ccc(NC(=O)c2ccc(Cl)cc2)cc1)c1ccccc1. The lowest BCUT2D eigenvalue weighted by molar-refractivity contribution is 0.0994. The summed E-state index contributed by atoms with van der Waals surface area (Å²) < 4.78 is 27.1. The molecule has 8 heteroatoms. The molecule has 0 saturated heterocycles. The predicted octanol–water partition coefficient (Wildman–Crippen LogP) is 3.75. The van der Waals surface area contributed by atoms with Crippen molar-refractivity contribution in [3.8, 4) is 0 Å².